The molecular formula is C16H21N3O7S2. The van der Waals surface area contributed by atoms with Gasteiger partial charge in [-0.25, -0.2) is 12.7 Å². The zero-order valence-corrected chi connectivity index (χ0v) is 17.5. The summed E-state index contributed by atoms with van der Waals surface area (Å²) in [5.41, 5.74) is 0.784. The van der Waals surface area contributed by atoms with Gasteiger partial charge < -0.3 is 13.9 Å². The van der Waals surface area contributed by atoms with E-state index >= 15 is 0 Å². The lowest BCUT2D eigenvalue weighted by atomic mass is 10.3. The standard InChI is InChI=1S/C16H21N3O7S2/c1-17(2)28(22,23)11-5-6-13-12(7-11)19(16(27)26-13)10-18(8-14(20)24-3)9-15(21)25-4/h5-7H,8-10H2,1-4H3. The third-order valence-corrected chi connectivity index (χ3v) is 6.03. The van der Waals surface area contributed by atoms with Crippen molar-refractivity contribution in [2.45, 2.75) is 11.6 Å². The number of carbonyl (C=O) groups excluding carboxylic acids is 2. The topological polar surface area (TPSA) is 111 Å². The number of fused-ring (bicyclic) bond motifs is 1. The molecule has 0 unspecified atom stereocenters. The van der Waals surface area contributed by atoms with E-state index in [9.17, 15) is 18.0 Å². The van der Waals surface area contributed by atoms with Gasteiger partial charge in [0.15, 0.2) is 5.58 Å². The predicted molar refractivity (Wildman–Crippen MR) is 102 cm³/mol. The first kappa shape index (κ1) is 22.0. The summed E-state index contributed by atoms with van der Waals surface area (Å²) in [6.45, 7) is -0.410. The number of sulfonamides is 1. The lowest BCUT2D eigenvalue weighted by Crippen LogP contribution is -2.37. The highest BCUT2D eigenvalue weighted by Crippen LogP contribution is 2.23. The monoisotopic (exact) mass is 431 g/mol. The van der Waals surface area contributed by atoms with Crippen LogP contribution in [-0.4, -0.2) is 75.5 Å². The average Bonchev–Trinajstić information content (AvgIpc) is 2.95. The lowest BCUT2D eigenvalue weighted by molar-refractivity contribution is -0.146. The molecule has 0 amide bonds. The fourth-order valence-electron chi connectivity index (χ4n) is 2.40. The van der Waals surface area contributed by atoms with Crippen LogP contribution >= 0.6 is 12.2 Å². The van der Waals surface area contributed by atoms with Crippen LogP contribution in [0.3, 0.4) is 0 Å². The first-order chi connectivity index (χ1) is 13.1. The van der Waals surface area contributed by atoms with Crippen LogP contribution in [-0.2, 0) is 35.8 Å². The first-order valence-electron chi connectivity index (χ1n) is 8.02. The summed E-state index contributed by atoms with van der Waals surface area (Å²) in [6.07, 6.45) is 0. The number of esters is 2. The number of hydrogen-bond donors (Lipinski definition) is 0. The van der Waals surface area contributed by atoms with Gasteiger partial charge in [-0.2, -0.15) is 0 Å². The van der Waals surface area contributed by atoms with E-state index in [-0.39, 0.29) is 29.5 Å². The van der Waals surface area contributed by atoms with Gasteiger partial charge in [0.25, 0.3) is 4.84 Å². The number of benzene rings is 1. The van der Waals surface area contributed by atoms with Crippen molar-refractivity contribution in [1.82, 2.24) is 13.8 Å². The minimum atomic E-state index is -3.67. The fourth-order valence-corrected chi connectivity index (χ4v) is 3.57. The van der Waals surface area contributed by atoms with Gasteiger partial charge in [-0.15, -0.1) is 0 Å². The van der Waals surface area contributed by atoms with E-state index in [1.807, 2.05) is 0 Å². The van der Waals surface area contributed by atoms with Gasteiger partial charge in [-0.1, -0.05) is 0 Å². The van der Waals surface area contributed by atoms with E-state index in [1.54, 1.807) is 0 Å². The van der Waals surface area contributed by atoms with Gasteiger partial charge in [-0.3, -0.25) is 19.1 Å². The van der Waals surface area contributed by atoms with Crippen LogP contribution in [0.15, 0.2) is 27.5 Å². The summed E-state index contributed by atoms with van der Waals surface area (Å²) in [5, 5.41) is 0. The normalized spacial score (nSPS) is 11.9. The molecule has 0 aliphatic rings. The molecule has 0 N–H and O–H groups in total. The zero-order valence-electron chi connectivity index (χ0n) is 15.9. The van der Waals surface area contributed by atoms with E-state index < -0.39 is 22.0 Å². The molecule has 1 aromatic carbocycles. The molecular weight excluding hydrogens is 410 g/mol. The van der Waals surface area contributed by atoms with E-state index in [4.69, 9.17) is 16.6 Å². The van der Waals surface area contributed by atoms with E-state index in [0.717, 1.165) is 4.31 Å². The second kappa shape index (κ2) is 8.82. The molecule has 154 valence electrons. The van der Waals surface area contributed by atoms with E-state index in [1.165, 1.54) is 56.0 Å². The summed E-state index contributed by atoms with van der Waals surface area (Å²) >= 11 is 5.22. The molecule has 0 radical (unpaired) electrons. The second-order valence-corrected chi connectivity index (χ2v) is 8.49. The van der Waals surface area contributed by atoms with Crippen molar-refractivity contribution in [3.63, 3.8) is 0 Å². The van der Waals surface area contributed by atoms with Crippen LogP contribution in [0.25, 0.3) is 11.1 Å². The Morgan fingerprint density at radius 2 is 1.71 bits per heavy atom. The number of nitrogens with zero attached hydrogens (tertiary/aromatic N) is 3. The van der Waals surface area contributed by atoms with Crippen molar-refractivity contribution >= 4 is 45.3 Å². The second-order valence-electron chi connectivity index (χ2n) is 5.99. The molecule has 2 rings (SSSR count). The van der Waals surface area contributed by atoms with Gasteiger partial charge in [-0.05, 0) is 30.4 Å². The molecule has 1 heterocycles. The van der Waals surface area contributed by atoms with E-state index in [2.05, 4.69) is 9.47 Å². The van der Waals surface area contributed by atoms with Crippen molar-refractivity contribution < 1.29 is 31.9 Å². The predicted octanol–water partition coefficient (Wildman–Crippen LogP) is 0.820. The summed E-state index contributed by atoms with van der Waals surface area (Å²) in [4.78, 5) is 24.9. The summed E-state index contributed by atoms with van der Waals surface area (Å²) in [7, 11) is 1.65. The minimum absolute atomic E-state index is 0.0124. The number of methoxy groups -OCH3 is 2. The Balaban J connectivity index is 2.48. The largest absolute Gasteiger partial charge is 0.468 e. The molecule has 1 aromatic heterocycles. The highest BCUT2D eigenvalue weighted by molar-refractivity contribution is 7.89. The molecule has 2 aromatic rings. The Morgan fingerprint density at radius 1 is 1.14 bits per heavy atom. The fraction of sp³-hybridized carbons (Fsp3) is 0.438. The average molecular weight is 431 g/mol. The van der Waals surface area contributed by atoms with Crippen LogP contribution < -0.4 is 0 Å². The summed E-state index contributed by atoms with van der Waals surface area (Å²) in [5.74, 6) is -1.11. The number of carbonyl (C=O) groups is 2. The van der Waals surface area contributed by atoms with Crippen LogP contribution in [0, 0.1) is 4.84 Å². The Bertz CT molecular complexity index is 1020. The number of oxazole rings is 1. The summed E-state index contributed by atoms with van der Waals surface area (Å²) in [6, 6.07) is 4.35. The molecule has 0 aliphatic heterocycles. The van der Waals surface area contributed by atoms with Crippen molar-refractivity contribution in [3.05, 3.63) is 23.0 Å². The van der Waals surface area contributed by atoms with Crippen LogP contribution in [0.1, 0.15) is 0 Å². The van der Waals surface area contributed by atoms with Crippen LogP contribution in [0.4, 0.5) is 0 Å². The molecule has 0 aliphatic carbocycles. The highest BCUT2D eigenvalue weighted by Gasteiger charge is 2.21. The molecule has 0 saturated carbocycles. The van der Waals surface area contributed by atoms with Gasteiger partial charge >= 0.3 is 11.9 Å². The minimum Gasteiger partial charge on any atom is -0.468 e. The number of hydrogen-bond acceptors (Lipinski definition) is 9. The maximum absolute atomic E-state index is 12.4. The van der Waals surface area contributed by atoms with Crippen molar-refractivity contribution in [3.8, 4) is 0 Å². The maximum atomic E-state index is 12.4. The van der Waals surface area contributed by atoms with Crippen molar-refractivity contribution in [1.29, 1.82) is 0 Å². The van der Waals surface area contributed by atoms with Gasteiger partial charge in [0, 0.05) is 14.1 Å². The first-order valence-corrected chi connectivity index (χ1v) is 9.87. The molecule has 0 atom stereocenters. The number of aromatic nitrogens is 1. The maximum Gasteiger partial charge on any atom is 0.319 e. The molecule has 0 fully saturated rings. The molecule has 12 heteroatoms. The number of ether oxygens (including phenoxy) is 2. The van der Waals surface area contributed by atoms with Gasteiger partial charge in [0.05, 0.1) is 44.4 Å². The Labute approximate surface area is 167 Å². The molecule has 0 spiro atoms. The Hall–Kier alpha value is -2.28. The SMILES string of the molecule is COC(=O)CN(CC(=O)OC)Cn1c(=S)oc2ccc(S(=O)(=O)N(C)C)cc21. The third kappa shape index (κ3) is 4.76. The van der Waals surface area contributed by atoms with Crippen molar-refractivity contribution in [2.75, 3.05) is 41.4 Å². The van der Waals surface area contributed by atoms with Crippen LogP contribution in [0.2, 0.25) is 0 Å². The Kier molecular flexibility index (Phi) is 6.93. The Morgan fingerprint density at radius 3 is 2.21 bits per heavy atom. The molecule has 0 bridgehead atoms. The highest BCUT2D eigenvalue weighted by atomic mass is 32.2. The van der Waals surface area contributed by atoms with Crippen LogP contribution in [0.5, 0.6) is 0 Å². The quantitative estimate of drug-likeness (QED) is 0.443. The molecule has 28 heavy (non-hydrogen) atoms. The van der Waals surface area contributed by atoms with E-state index in [0.29, 0.717) is 11.1 Å². The van der Waals surface area contributed by atoms with Gasteiger partial charge in [0.2, 0.25) is 10.0 Å². The summed E-state index contributed by atoms with van der Waals surface area (Å²) < 4.78 is 42.2. The third-order valence-electron chi connectivity index (χ3n) is 3.92. The smallest absolute Gasteiger partial charge is 0.319 e. The number of rotatable bonds is 8. The van der Waals surface area contributed by atoms with Gasteiger partial charge in [0.1, 0.15) is 0 Å². The molecule has 10 nitrogen and oxygen atoms in total. The zero-order chi connectivity index (χ0) is 21.1. The lowest BCUT2D eigenvalue weighted by Gasteiger charge is -2.20. The van der Waals surface area contributed by atoms with Crippen molar-refractivity contribution in [2.24, 2.45) is 0 Å². The molecule has 0 saturated heterocycles.